The molecule has 7 nitrogen and oxygen atoms in total. The number of unbranched alkanes of at least 4 members (excludes halogenated alkanes) is 2. The van der Waals surface area contributed by atoms with Gasteiger partial charge in [-0.1, -0.05) is 51.0 Å². The summed E-state index contributed by atoms with van der Waals surface area (Å²) >= 11 is 0. The van der Waals surface area contributed by atoms with E-state index in [-0.39, 0.29) is 17.9 Å². The van der Waals surface area contributed by atoms with E-state index >= 15 is 0 Å². The van der Waals surface area contributed by atoms with Crippen LogP contribution in [0.4, 0.5) is 4.79 Å². The van der Waals surface area contributed by atoms with Gasteiger partial charge in [0.25, 0.3) is 0 Å². The van der Waals surface area contributed by atoms with Crippen LogP contribution in [0.1, 0.15) is 90.8 Å². The normalized spacial score (nSPS) is 15.3. The van der Waals surface area contributed by atoms with E-state index in [4.69, 9.17) is 4.74 Å². The molecule has 0 saturated heterocycles. The highest BCUT2D eigenvalue weighted by Crippen LogP contribution is 2.35. The van der Waals surface area contributed by atoms with Gasteiger partial charge in [-0.25, -0.2) is 4.79 Å². The van der Waals surface area contributed by atoms with E-state index in [1.54, 1.807) is 32.6 Å². The second-order valence-electron chi connectivity index (χ2n) is 9.84. The van der Waals surface area contributed by atoms with Crippen LogP contribution in [0.2, 0.25) is 0 Å². The first-order valence-electron chi connectivity index (χ1n) is 12.3. The first-order valence-corrected chi connectivity index (χ1v) is 12.3. The summed E-state index contributed by atoms with van der Waals surface area (Å²) in [5.74, 6) is -0.461. The quantitative estimate of drug-likeness (QED) is 0.477. The number of ether oxygens (including phenoxy) is 1. The first kappa shape index (κ1) is 26.7. The highest BCUT2D eigenvalue weighted by atomic mass is 16.6. The van der Waals surface area contributed by atoms with Crippen molar-refractivity contribution in [3.05, 3.63) is 35.4 Å². The maximum atomic E-state index is 13.5. The number of aryl methyl sites for hydroxylation is 1. The number of carbonyl (C=O) groups is 3. The fourth-order valence-corrected chi connectivity index (χ4v) is 3.70. The fraction of sp³-hybridized carbons (Fsp3) is 0.654. The summed E-state index contributed by atoms with van der Waals surface area (Å²) in [6.45, 7) is 11.7. The zero-order chi connectivity index (χ0) is 24.6. The summed E-state index contributed by atoms with van der Waals surface area (Å²) < 4.78 is 5.31. The Morgan fingerprint density at radius 3 is 2.24 bits per heavy atom. The molecule has 1 saturated carbocycles. The zero-order valence-electron chi connectivity index (χ0n) is 21.1. The van der Waals surface area contributed by atoms with Gasteiger partial charge in [0, 0.05) is 12.6 Å². The van der Waals surface area contributed by atoms with Gasteiger partial charge in [-0.15, -0.1) is 0 Å². The summed E-state index contributed by atoms with van der Waals surface area (Å²) in [5, 5.41) is 5.67. The third-order valence-electron chi connectivity index (χ3n) is 5.61. The Morgan fingerprint density at radius 1 is 1.09 bits per heavy atom. The minimum atomic E-state index is -0.814. The predicted molar refractivity (Wildman–Crippen MR) is 130 cm³/mol. The molecule has 1 aromatic rings. The molecule has 0 aromatic heterocycles. The molecule has 33 heavy (non-hydrogen) atoms. The topological polar surface area (TPSA) is 87.7 Å². The van der Waals surface area contributed by atoms with E-state index in [0.717, 1.165) is 44.1 Å². The Bertz CT molecular complexity index is 797. The average Bonchev–Trinajstić information content (AvgIpc) is 3.58. The lowest BCUT2D eigenvalue weighted by atomic mass is 10.0. The van der Waals surface area contributed by atoms with Gasteiger partial charge < -0.3 is 20.3 Å². The molecule has 1 aromatic carbocycles. The highest BCUT2D eigenvalue weighted by molar-refractivity contribution is 5.92. The summed E-state index contributed by atoms with van der Waals surface area (Å²) in [7, 11) is 0. The predicted octanol–water partition coefficient (Wildman–Crippen LogP) is 4.50. The van der Waals surface area contributed by atoms with Crippen LogP contribution in [0.5, 0.6) is 0 Å². The van der Waals surface area contributed by atoms with Crippen molar-refractivity contribution in [3.8, 4) is 0 Å². The fourth-order valence-electron chi connectivity index (χ4n) is 3.70. The molecule has 2 N–H and O–H groups in total. The molecule has 2 rings (SSSR count). The van der Waals surface area contributed by atoms with Crippen molar-refractivity contribution < 1.29 is 19.1 Å². The van der Waals surface area contributed by atoms with Crippen LogP contribution in [0, 0.1) is 0 Å². The number of rotatable bonds is 11. The lowest BCUT2D eigenvalue weighted by Crippen LogP contribution is -2.52. The molecule has 0 aliphatic heterocycles. The number of carbonyl (C=O) groups excluding carboxylic acids is 3. The number of benzene rings is 1. The Labute approximate surface area is 198 Å². The molecule has 0 radical (unpaired) electrons. The van der Waals surface area contributed by atoms with Crippen molar-refractivity contribution in [2.45, 2.75) is 104 Å². The largest absolute Gasteiger partial charge is 0.444 e. The zero-order valence-corrected chi connectivity index (χ0v) is 21.1. The van der Waals surface area contributed by atoms with Gasteiger partial charge >= 0.3 is 6.09 Å². The first-order chi connectivity index (χ1) is 15.6. The number of amides is 3. The van der Waals surface area contributed by atoms with Crippen molar-refractivity contribution in [3.63, 3.8) is 0 Å². The van der Waals surface area contributed by atoms with Gasteiger partial charge in [0.2, 0.25) is 11.8 Å². The molecular formula is C26H41N3O4. The van der Waals surface area contributed by atoms with Gasteiger partial charge in [-0.3, -0.25) is 9.59 Å². The van der Waals surface area contributed by atoms with E-state index in [1.165, 1.54) is 5.56 Å². The van der Waals surface area contributed by atoms with Crippen molar-refractivity contribution in [1.29, 1.82) is 0 Å². The molecule has 3 amide bonds. The summed E-state index contributed by atoms with van der Waals surface area (Å²) in [6.07, 6.45) is 4.95. The van der Waals surface area contributed by atoms with E-state index in [2.05, 4.69) is 24.5 Å². The van der Waals surface area contributed by atoms with Gasteiger partial charge in [0.15, 0.2) is 0 Å². The van der Waals surface area contributed by atoms with Crippen LogP contribution in [-0.2, 0) is 20.7 Å². The maximum absolute atomic E-state index is 13.5. The number of hydrogen-bond donors (Lipinski definition) is 2. The molecule has 0 heterocycles. The third kappa shape index (κ3) is 8.37. The Hall–Kier alpha value is -2.57. The number of nitrogens with zero attached hydrogens (tertiary/aromatic N) is 1. The average molecular weight is 460 g/mol. The molecule has 1 aliphatic carbocycles. The van der Waals surface area contributed by atoms with Crippen LogP contribution in [-0.4, -0.2) is 47.0 Å². The summed E-state index contributed by atoms with van der Waals surface area (Å²) in [6, 6.07) is 6.31. The van der Waals surface area contributed by atoms with Crippen molar-refractivity contribution in [2.24, 2.45) is 0 Å². The maximum Gasteiger partial charge on any atom is 0.408 e. The van der Waals surface area contributed by atoms with Gasteiger partial charge in [0.1, 0.15) is 17.7 Å². The number of alkyl carbamates (subject to hydrolysis) is 1. The summed E-state index contributed by atoms with van der Waals surface area (Å²) in [5.41, 5.74) is 1.29. The molecule has 1 fully saturated rings. The smallest absolute Gasteiger partial charge is 0.408 e. The second kappa shape index (κ2) is 12.1. The summed E-state index contributed by atoms with van der Waals surface area (Å²) in [4.78, 5) is 40.8. The standard InChI is InChI=1S/C26H41N3O4/c1-7-9-10-17-27-23(30)22(20-13-11-19(8-2)12-14-20)29(21-15-16-21)24(31)18(3)28-25(32)33-26(4,5)6/h11-14,18,21-22H,7-10,15-17H2,1-6H3,(H,27,30)(H,28,32). The molecular weight excluding hydrogens is 418 g/mol. The third-order valence-corrected chi connectivity index (χ3v) is 5.61. The SMILES string of the molecule is CCCCCNC(=O)C(c1ccc(CC)cc1)N(C(=O)C(C)NC(=O)OC(C)(C)C)C1CC1. The van der Waals surface area contributed by atoms with E-state index in [9.17, 15) is 14.4 Å². The van der Waals surface area contributed by atoms with Crippen molar-refractivity contribution in [2.75, 3.05) is 6.54 Å². The molecule has 2 unspecified atom stereocenters. The lowest BCUT2D eigenvalue weighted by Gasteiger charge is -2.34. The molecule has 184 valence electrons. The Balaban J connectivity index is 2.26. The van der Waals surface area contributed by atoms with E-state index in [0.29, 0.717) is 6.54 Å². The van der Waals surface area contributed by atoms with Crippen LogP contribution >= 0.6 is 0 Å². The van der Waals surface area contributed by atoms with E-state index < -0.39 is 23.8 Å². The Kier molecular flexibility index (Phi) is 9.74. The van der Waals surface area contributed by atoms with Crippen molar-refractivity contribution >= 4 is 17.9 Å². The molecule has 0 spiro atoms. The lowest BCUT2D eigenvalue weighted by molar-refractivity contribution is -0.142. The molecule has 2 atom stereocenters. The molecule has 1 aliphatic rings. The van der Waals surface area contributed by atoms with Gasteiger partial charge in [-0.2, -0.15) is 0 Å². The van der Waals surface area contributed by atoms with E-state index in [1.807, 2.05) is 24.3 Å². The number of hydrogen-bond acceptors (Lipinski definition) is 4. The number of nitrogens with one attached hydrogen (secondary N) is 2. The molecule has 0 bridgehead atoms. The minimum Gasteiger partial charge on any atom is -0.444 e. The van der Waals surface area contributed by atoms with Crippen LogP contribution in [0.3, 0.4) is 0 Å². The van der Waals surface area contributed by atoms with Crippen LogP contribution in [0.15, 0.2) is 24.3 Å². The van der Waals surface area contributed by atoms with Gasteiger partial charge in [-0.05, 0) is 64.5 Å². The van der Waals surface area contributed by atoms with Gasteiger partial charge in [0.05, 0.1) is 0 Å². The second-order valence-corrected chi connectivity index (χ2v) is 9.84. The van der Waals surface area contributed by atoms with Crippen LogP contribution < -0.4 is 10.6 Å². The highest BCUT2D eigenvalue weighted by Gasteiger charge is 2.43. The monoisotopic (exact) mass is 459 g/mol. The molecule has 7 heteroatoms. The van der Waals surface area contributed by atoms with Crippen LogP contribution in [0.25, 0.3) is 0 Å². The Morgan fingerprint density at radius 2 is 1.73 bits per heavy atom. The van der Waals surface area contributed by atoms with Crippen molar-refractivity contribution in [1.82, 2.24) is 15.5 Å². The minimum absolute atomic E-state index is 0.0161.